The molecule has 0 heterocycles. The molecule has 0 aromatic carbocycles. The number of nitrogens with one attached hydrogen (secondary N) is 1. The summed E-state index contributed by atoms with van der Waals surface area (Å²) in [5.74, 6) is 0.159. The number of likely N-dealkylation sites (N-methyl/N-ethyl adjacent to an activating group) is 1. The highest BCUT2D eigenvalue weighted by atomic mass is 16.2. The highest BCUT2D eigenvalue weighted by Gasteiger charge is 2.39. The summed E-state index contributed by atoms with van der Waals surface area (Å²) in [4.78, 5) is 12.8. The lowest BCUT2D eigenvalue weighted by atomic mass is 10.0. The second-order valence-electron chi connectivity index (χ2n) is 4.25. The van der Waals surface area contributed by atoms with Gasteiger partial charge in [-0.15, -0.1) is 0 Å². The van der Waals surface area contributed by atoms with E-state index in [4.69, 9.17) is 0 Å². The van der Waals surface area contributed by atoms with E-state index in [0.29, 0.717) is 12.0 Å². The van der Waals surface area contributed by atoms with Crippen LogP contribution in [0.2, 0.25) is 0 Å². The first-order chi connectivity index (χ1) is 6.09. The van der Waals surface area contributed by atoms with Crippen molar-refractivity contribution in [2.24, 2.45) is 5.41 Å². The van der Waals surface area contributed by atoms with Crippen LogP contribution in [0.15, 0.2) is 0 Å². The van der Waals surface area contributed by atoms with Gasteiger partial charge in [0.25, 0.3) is 0 Å². The summed E-state index contributed by atoms with van der Waals surface area (Å²) in [6.45, 7) is 3.71. The number of carbonyl (C=O) groups excluding carboxylic acids is 1. The molecule has 1 rings (SSSR count). The maximum atomic E-state index is 11.2. The monoisotopic (exact) mass is 184 g/mol. The maximum absolute atomic E-state index is 11.2. The Morgan fingerprint density at radius 1 is 1.46 bits per heavy atom. The SMILES string of the molecule is CCC1(CNCC(=O)N(C)C)CC1. The van der Waals surface area contributed by atoms with E-state index in [-0.39, 0.29) is 5.91 Å². The van der Waals surface area contributed by atoms with Crippen LogP contribution in [0.25, 0.3) is 0 Å². The molecule has 0 radical (unpaired) electrons. The zero-order valence-electron chi connectivity index (χ0n) is 8.89. The number of hydrogen-bond donors (Lipinski definition) is 1. The Morgan fingerprint density at radius 3 is 2.46 bits per heavy atom. The van der Waals surface area contributed by atoms with Crippen molar-refractivity contribution in [3.63, 3.8) is 0 Å². The van der Waals surface area contributed by atoms with Gasteiger partial charge in [0, 0.05) is 20.6 Å². The second kappa shape index (κ2) is 4.09. The van der Waals surface area contributed by atoms with Crippen LogP contribution in [-0.2, 0) is 4.79 Å². The van der Waals surface area contributed by atoms with Gasteiger partial charge >= 0.3 is 0 Å². The molecule has 0 unspecified atom stereocenters. The minimum atomic E-state index is 0.159. The molecule has 1 N–H and O–H groups in total. The first kappa shape index (κ1) is 10.5. The molecular weight excluding hydrogens is 164 g/mol. The lowest BCUT2D eigenvalue weighted by Crippen LogP contribution is -2.35. The van der Waals surface area contributed by atoms with Gasteiger partial charge in [-0.3, -0.25) is 4.79 Å². The number of amides is 1. The predicted octanol–water partition coefficient (Wildman–Crippen LogP) is 0.854. The number of hydrogen-bond acceptors (Lipinski definition) is 2. The summed E-state index contributed by atoms with van der Waals surface area (Å²) < 4.78 is 0. The molecule has 3 heteroatoms. The molecule has 0 bridgehead atoms. The third-order valence-electron chi connectivity index (χ3n) is 2.98. The Morgan fingerprint density at radius 2 is 2.08 bits per heavy atom. The minimum absolute atomic E-state index is 0.159. The molecular formula is C10H20N2O. The van der Waals surface area contributed by atoms with E-state index in [2.05, 4.69) is 12.2 Å². The topological polar surface area (TPSA) is 32.3 Å². The Hall–Kier alpha value is -0.570. The summed E-state index contributed by atoms with van der Waals surface area (Å²) >= 11 is 0. The molecule has 13 heavy (non-hydrogen) atoms. The van der Waals surface area contributed by atoms with Gasteiger partial charge in [-0.2, -0.15) is 0 Å². The molecule has 1 aliphatic carbocycles. The van der Waals surface area contributed by atoms with Crippen LogP contribution in [-0.4, -0.2) is 38.0 Å². The van der Waals surface area contributed by atoms with E-state index in [1.54, 1.807) is 19.0 Å². The van der Waals surface area contributed by atoms with Crippen LogP contribution in [0.4, 0.5) is 0 Å². The molecule has 1 saturated carbocycles. The van der Waals surface area contributed by atoms with E-state index < -0.39 is 0 Å². The largest absolute Gasteiger partial charge is 0.348 e. The van der Waals surface area contributed by atoms with E-state index in [1.165, 1.54) is 19.3 Å². The number of rotatable bonds is 5. The van der Waals surface area contributed by atoms with Crippen LogP contribution >= 0.6 is 0 Å². The highest BCUT2D eigenvalue weighted by Crippen LogP contribution is 2.47. The standard InChI is InChI=1S/C10H20N2O/c1-4-10(5-6-10)8-11-7-9(13)12(2)3/h11H,4-8H2,1-3H3. The fourth-order valence-corrected chi connectivity index (χ4v) is 1.42. The van der Waals surface area contributed by atoms with Crippen molar-refractivity contribution in [1.82, 2.24) is 10.2 Å². The molecule has 76 valence electrons. The van der Waals surface area contributed by atoms with Crippen molar-refractivity contribution < 1.29 is 4.79 Å². The van der Waals surface area contributed by atoms with E-state index in [9.17, 15) is 4.79 Å². The normalized spacial score (nSPS) is 18.4. The van der Waals surface area contributed by atoms with E-state index in [1.807, 2.05) is 0 Å². The van der Waals surface area contributed by atoms with Crippen molar-refractivity contribution >= 4 is 5.91 Å². The van der Waals surface area contributed by atoms with Gasteiger partial charge in [-0.25, -0.2) is 0 Å². The first-order valence-corrected chi connectivity index (χ1v) is 5.00. The molecule has 0 saturated heterocycles. The average molecular weight is 184 g/mol. The van der Waals surface area contributed by atoms with Crippen molar-refractivity contribution in [1.29, 1.82) is 0 Å². The van der Waals surface area contributed by atoms with E-state index in [0.717, 1.165) is 6.54 Å². The molecule has 1 aliphatic rings. The van der Waals surface area contributed by atoms with Crippen LogP contribution in [0.3, 0.4) is 0 Å². The summed E-state index contributed by atoms with van der Waals surface area (Å²) in [5, 5.41) is 3.23. The van der Waals surface area contributed by atoms with Crippen LogP contribution < -0.4 is 5.32 Å². The predicted molar refractivity (Wildman–Crippen MR) is 53.5 cm³/mol. The van der Waals surface area contributed by atoms with Crippen molar-refractivity contribution in [3.8, 4) is 0 Å². The van der Waals surface area contributed by atoms with Gasteiger partial charge in [0.2, 0.25) is 5.91 Å². The van der Waals surface area contributed by atoms with Crippen LogP contribution in [0, 0.1) is 5.41 Å². The molecule has 3 nitrogen and oxygen atoms in total. The van der Waals surface area contributed by atoms with Gasteiger partial charge in [0.05, 0.1) is 6.54 Å². The quantitative estimate of drug-likeness (QED) is 0.687. The molecule has 0 aliphatic heterocycles. The van der Waals surface area contributed by atoms with Gasteiger partial charge in [-0.1, -0.05) is 6.92 Å². The summed E-state index contributed by atoms with van der Waals surface area (Å²) in [5.41, 5.74) is 0.534. The molecule has 0 aromatic rings. The number of carbonyl (C=O) groups is 1. The third kappa shape index (κ3) is 2.99. The van der Waals surface area contributed by atoms with Crippen molar-refractivity contribution in [2.45, 2.75) is 26.2 Å². The zero-order chi connectivity index (χ0) is 9.90. The maximum Gasteiger partial charge on any atom is 0.236 e. The Kier molecular flexibility index (Phi) is 3.31. The Bertz CT molecular complexity index is 185. The molecule has 0 spiro atoms. The number of nitrogens with zero attached hydrogens (tertiary/aromatic N) is 1. The molecule has 1 fully saturated rings. The fourth-order valence-electron chi connectivity index (χ4n) is 1.42. The minimum Gasteiger partial charge on any atom is -0.348 e. The summed E-state index contributed by atoms with van der Waals surface area (Å²) in [7, 11) is 3.58. The fraction of sp³-hybridized carbons (Fsp3) is 0.900. The zero-order valence-corrected chi connectivity index (χ0v) is 8.89. The first-order valence-electron chi connectivity index (χ1n) is 5.00. The highest BCUT2D eigenvalue weighted by molar-refractivity contribution is 5.77. The van der Waals surface area contributed by atoms with Crippen LogP contribution in [0.1, 0.15) is 26.2 Å². The molecule has 0 aromatic heterocycles. The van der Waals surface area contributed by atoms with Gasteiger partial charge in [0.1, 0.15) is 0 Å². The lowest BCUT2D eigenvalue weighted by Gasteiger charge is -2.15. The second-order valence-corrected chi connectivity index (χ2v) is 4.25. The Labute approximate surface area is 80.5 Å². The lowest BCUT2D eigenvalue weighted by molar-refractivity contribution is -0.127. The van der Waals surface area contributed by atoms with Crippen LogP contribution in [0.5, 0.6) is 0 Å². The molecule has 0 atom stereocenters. The van der Waals surface area contributed by atoms with Gasteiger partial charge in [0.15, 0.2) is 0 Å². The van der Waals surface area contributed by atoms with Gasteiger partial charge in [-0.05, 0) is 24.7 Å². The van der Waals surface area contributed by atoms with Crippen molar-refractivity contribution in [2.75, 3.05) is 27.2 Å². The summed E-state index contributed by atoms with van der Waals surface area (Å²) in [6.07, 6.45) is 3.88. The Balaban J connectivity index is 2.10. The summed E-state index contributed by atoms with van der Waals surface area (Å²) in [6, 6.07) is 0. The van der Waals surface area contributed by atoms with Crippen molar-refractivity contribution in [3.05, 3.63) is 0 Å². The van der Waals surface area contributed by atoms with E-state index >= 15 is 0 Å². The molecule has 1 amide bonds. The average Bonchev–Trinajstić information content (AvgIpc) is 2.85. The smallest absolute Gasteiger partial charge is 0.236 e. The van der Waals surface area contributed by atoms with Gasteiger partial charge < -0.3 is 10.2 Å². The third-order valence-corrected chi connectivity index (χ3v) is 2.98.